The fourth-order valence-corrected chi connectivity index (χ4v) is 3.73. The molecule has 140 valence electrons. The molecule has 0 radical (unpaired) electrons. The number of hydrogen-bond acceptors (Lipinski definition) is 4. The van der Waals surface area contributed by atoms with Crippen molar-refractivity contribution in [1.29, 1.82) is 0 Å². The first-order valence-corrected chi connectivity index (χ1v) is 9.78. The third-order valence-electron chi connectivity index (χ3n) is 4.49. The zero-order chi connectivity index (χ0) is 19.3. The van der Waals surface area contributed by atoms with E-state index < -0.39 is 0 Å². The Labute approximate surface area is 167 Å². The molecule has 2 heterocycles. The lowest BCUT2D eigenvalue weighted by molar-refractivity contribution is 0.0946. The predicted octanol–water partition coefficient (Wildman–Crippen LogP) is 4.74. The number of nitrogens with zero attached hydrogens (tertiary/aromatic N) is 1. The smallest absolute Gasteiger partial charge is 0.269 e. The van der Waals surface area contributed by atoms with Crippen LogP contribution < -0.4 is 10.1 Å². The predicted molar refractivity (Wildman–Crippen MR) is 112 cm³/mol. The molecule has 4 rings (SSSR count). The largest absolute Gasteiger partial charge is 0.496 e. The van der Waals surface area contributed by atoms with Gasteiger partial charge in [0.25, 0.3) is 5.91 Å². The van der Waals surface area contributed by atoms with Gasteiger partial charge in [0.05, 0.1) is 12.8 Å². The second kappa shape index (κ2) is 8.10. The molecular formula is C22H19N3O2S. The Morgan fingerprint density at radius 1 is 1.11 bits per heavy atom. The van der Waals surface area contributed by atoms with Crippen LogP contribution in [0.25, 0.3) is 22.4 Å². The van der Waals surface area contributed by atoms with E-state index in [2.05, 4.69) is 38.4 Å². The maximum atomic E-state index is 12.6. The Hall–Kier alpha value is -3.38. The van der Waals surface area contributed by atoms with Gasteiger partial charge >= 0.3 is 0 Å². The molecule has 0 saturated carbocycles. The first kappa shape index (κ1) is 18.0. The summed E-state index contributed by atoms with van der Waals surface area (Å²) in [5, 5.41) is 14.2. The molecule has 2 aromatic carbocycles. The minimum Gasteiger partial charge on any atom is -0.496 e. The summed E-state index contributed by atoms with van der Waals surface area (Å²) >= 11 is 1.66. The lowest BCUT2D eigenvalue weighted by Gasteiger charge is -2.09. The summed E-state index contributed by atoms with van der Waals surface area (Å²) in [7, 11) is 1.62. The molecule has 0 atom stereocenters. The first-order chi connectivity index (χ1) is 13.8. The average molecular weight is 389 g/mol. The summed E-state index contributed by atoms with van der Waals surface area (Å²) in [5.41, 5.74) is 5.27. The van der Waals surface area contributed by atoms with Gasteiger partial charge in [0.15, 0.2) is 0 Å². The number of amides is 1. The second-order valence-corrected chi connectivity index (χ2v) is 7.00. The molecule has 2 N–H and O–H groups in total. The van der Waals surface area contributed by atoms with E-state index in [0.29, 0.717) is 23.7 Å². The lowest BCUT2D eigenvalue weighted by Crippen LogP contribution is -2.23. The highest BCUT2D eigenvalue weighted by Crippen LogP contribution is 2.28. The molecule has 0 aliphatic heterocycles. The number of carbonyl (C=O) groups excluding carboxylic acids is 1. The van der Waals surface area contributed by atoms with Gasteiger partial charge in [-0.05, 0) is 51.7 Å². The topological polar surface area (TPSA) is 67.0 Å². The quantitative estimate of drug-likeness (QED) is 0.500. The highest BCUT2D eigenvalue weighted by molar-refractivity contribution is 7.08. The molecule has 0 spiro atoms. The molecule has 1 amide bonds. The molecule has 5 nitrogen and oxygen atoms in total. The van der Waals surface area contributed by atoms with Gasteiger partial charge in [0, 0.05) is 12.1 Å². The number of benzene rings is 2. The van der Waals surface area contributed by atoms with Crippen molar-refractivity contribution in [1.82, 2.24) is 15.5 Å². The van der Waals surface area contributed by atoms with Crippen LogP contribution in [0, 0.1) is 0 Å². The number of rotatable bonds is 6. The van der Waals surface area contributed by atoms with Crippen molar-refractivity contribution in [2.75, 3.05) is 7.11 Å². The highest BCUT2D eigenvalue weighted by Gasteiger charge is 2.14. The summed E-state index contributed by atoms with van der Waals surface area (Å²) < 4.78 is 5.37. The van der Waals surface area contributed by atoms with Crippen LogP contribution >= 0.6 is 11.3 Å². The number of ether oxygens (including phenoxy) is 1. The number of nitrogens with one attached hydrogen (secondary N) is 2. The number of aromatic amines is 1. The molecule has 0 saturated heterocycles. The maximum absolute atomic E-state index is 12.6. The Morgan fingerprint density at radius 2 is 1.89 bits per heavy atom. The zero-order valence-corrected chi connectivity index (χ0v) is 16.1. The Kier molecular flexibility index (Phi) is 5.21. The van der Waals surface area contributed by atoms with Crippen molar-refractivity contribution < 1.29 is 9.53 Å². The van der Waals surface area contributed by atoms with E-state index in [9.17, 15) is 4.79 Å². The van der Waals surface area contributed by atoms with E-state index in [0.717, 1.165) is 22.3 Å². The third kappa shape index (κ3) is 3.68. The van der Waals surface area contributed by atoms with Gasteiger partial charge in [0.1, 0.15) is 11.4 Å². The van der Waals surface area contributed by atoms with E-state index in [1.54, 1.807) is 24.5 Å². The van der Waals surface area contributed by atoms with Crippen molar-refractivity contribution in [2.24, 2.45) is 0 Å². The molecule has 4 aromatic rings. The molecule has 2 aromatic heterocycles. The molecule has 28 heavy (non-hydrogen) atoms. The summed E-state index contributed by atoms with van der Waals surface area (Å²) in [6, 6.07) is 19.5. The minimum absolute atomic E-state index is 0.200. The van der Waals surface area contributed by atoms with E-state index in [4.69, 9.17) is 4.74 Å². The number of thiophene rings is 1. The first-order valence-electron chi connectivity index (χ1n) is 8.83. The second-order valence-electron chi connectivity index (χ2n) is 6.22. The molecule has 0 unspecified atom stereocenters. The van der Waals surface area contributed by atoms with Crippen LogP contribution in [0.2, 0.25) is 0 Å². The Balaban J connectivity index is 1.50. The molecule has 6 heteroatoms. The summed E-state index contributed by atoms with van der Waals surface area (Å²) in [6.45, 7) is 0.438. The van der Waals surface area contributed by atoms with E-state index in [1.165, 1.54) is 0 Å². The molecule has 0 aliphatic carbocycles. The van der Waals surface area contributed by atoms with Crippen LogP contribution in [0.3, 0.4) is 0 Å². The fraction of sp³-hybridized carbons (Fsp3) is 0.0909. The van der Waals surface area contributed by atoms with Crippen molar-refractivity contribution in [3.63, 3.8) is 0 Å². The van der Waals surface area contributed by atoms with E-state index in [1.807, 2.05) is 42.5 Å². The number of methoxy groups -OCH3 is 1. The Bertz CT molecular complexity index is 1090. The molecule has 0 bridgehead atoms. The summed E-state index contributed by atoms with van der Waals surface area (Å²) in [4.78, 5) is 12.6. The van der Waals surface area contributed by atoms with Crippen molar-refractivity contribution >= 4 is 17.2 Å². The summed E-state index contributed by atoms with van der Waals surface area (Å²) in [6.07, 6.45) is 0. The minimum atomic E-state index is -0.200. The van der Waals surface area contributed by atoms with Crippen LogP contribution in [0.15, 0.2) is 71.4 Å². The van der Waals surface area contributed by atoms with Gasteiger partial charge in [0.2, 0.25) is 0 Å². The van der Waals surface area contributed by atoms with Crippen molar-refractivity contribution in [2.45, 2.75) is 6.54 Å². The van der Waals surface area contributed by atoms with Gasteiger partial charge in [-0.3, -0.25) is 9.89 Å². The van der Waals surface area contributed by atoms with Gasteiger partial charge in [-0.15, -0.1) is 0 Å². The molecule has 0 aliphatic rings. The highest BCUT2D eigenvalue weighted by atomic mass is 32.1. The monoisotopic (exact) mass is 389 g/mol. The molecule has 0 fully saturated rings. The normalized spacial score (nSPS) is 10.6. The fourth-order valence-electron chi connectivity index (χ4n) is 3.08. The zero-order valence-electron chi connectivity index (χ0n) is 15.3. The van der Waals surface area contributed by atoms with Crippen molar-refractivity contribution in [3.8, 4) is 28.1 Å². The average Bonchev–Trinajstić information content (AvgIpc) is 3.44. The number of H-pyrrole nitrogens is 1. The van der Waals surface area contributed by atoms with Crippen molar-refractivity contribution in [3.05, 3.63) is 82.7 Å². The van der Waals surface area contributed by atoms with Gasteiger partial charge in [-0.1, -0.05) is 36.4 Å². The maximum Gasteiger partial charge on any atom is 0.269 e. The van der Waals surface area contributed by atoms with Crippen LogP contribution in [-0.2, 0) is 6.54 Å². The number of hydrogen-bond donors (Lipinski definition) is 2. The van der Waals surface area contributed by atoms with Crippen LogP contribution in [-0.4, -0.2) is 23.2 Å². The third-order valence-corrected chi connectivity index (χ3v) is 5.18. The van der Waals surface area contributed by atoms with Gasteiger partial charge in [-0.2, -0.15) is 16.4 Å². The van der Waals surface area contributed by atoms with E-state index in [-0.39, 0.29) is 5.91 Å². The van der Waals surface area contributed by atoms with Crippen LogP contribution in [0.1, 0.15) is 16.1 Å². The SMILES string of the molecule is COc1ccccc1-c1cc(C(=O)NCc2ccccc2-c2ccsc2)[nH]n1. The number of carbonyl (C=O) groups is 1. The van der Waals surface area contributed by atoms with Crippen LogP contribution in [0.5, 0.6) is 5.75 Å². The summed E-state index contributed by atoms with van der Waals surface area (Å²) in [5.74, 6) is 0.513. The number of aromatic nitrogens is 2. The molecular weight excluding hydrogens is 370 g/mol. The lowest BCUT2D eigenvalue weighted by atomic mass is 10.0. The van der Waals surface area contributed by atoms with Gasteiger partial charge in [-0.25, -0.2) is 0 Å². The van der Waals surface area contributed by atoms with Crippen LogP contribution in [0.4, 0.5) is 0 Å². The Morgan fingerprint density at radius 3 is 2.68 bits per heavy atom. The standard InChI is InChI=1S/C22H19N3O2S/c1-27-21-9-5-4-8-18(21)19-12-20(25-24-19)22(26)23-13-15-6-2-3-7-17(15)16-10-11-28-14-16/h2-12,14H,13H2,1H3,(H,23,26)(H,24,25). The number of para-hydroxylation sites is 1. The van der Waals surface area contributed by atoms with E-state index >= 15 is 0 Å². The van der Waals surface area contributed by atoms with Gasteiger partial charge < -0.3 is 10.1 Å².